The first-order valence-corrected chi connectivity index (χ1v) is 8.59. The fraction of sp³-hybridized carbons (Fsp3) is 0.474. The second-order valence-electron chi connectivity index (χ2n) is 6.73. The van der Waals surface area contributed by atoms with E-state index in [1.165, 1.54) is 0 Å². The lowest BCUT2D eigenvalue weighted by molar-refractivity contribution is -0.000843. The molecule has 0 saturated carbocycles. The van der Waals surface area contributed by atoms with Crippen LogP contribution in [0.4, 0.5) is 0 Å². The third-order valence-corrected chi connectivity index (χ3v) is 4.88. The second kappa shape index (κ2) is 6.97. The Morgan fingerprint density at radius 1 is 1.12 bits per heavy atom. The number of aromatic nitrogens is 2. The third-order valence-electron chi connectivity index (χ3n) is 4.88. The maximum Gasteiger partial charge on any atom is 0.0892 e. The van der Waals surface area contributed by atoms with E-state index in [1.54, 1.807) is 6.20 Å². The zero-order valence-electron chi connectivity index (χ0n) is 13.8. The maximum absolute atomic E-state index is 6.16. The smallest absolute Gasteiger partial charge is 0.0892 e. The van der Waals surface area contributed by atoms with Gasteiger partial charge in [-0.3, -0.25) is 14.9 Å². The van der Waals surface area contributed by atoms with E-state index in [0.717, 1.165) is 43.9 Å². The minimum atomic E-state index is -0.0381. The third kappa shape index (κ3) is 3.64. The first kappa shape index (κ1) is 15.7. The highest BCUT2D eigenvalue weighted by Gasteiger charge is 2.45. The van der Waals surface area contributed by atoms with Crippen LogP contribution in [0.25, 0.3) is 0 Å². The van der Waals surface area contributed by atoms with Gasteiger partial charge in [-0.1, -0.05) is 12.1 Å². The minimum absolute atomic E-state index is 0.0381. The van der Waals surface area contributed by atoms with Crippen LogP contribution < -0.4 is 0 Å². The standard InChI is InChI=1S/C19H23N3O2/c1-3-8-20-16(5-1)12-22-10-7-19(15-22)11-18(14-24-19)23-13-17-6-2-4-9-21-17/h1-6,8-9,18H,7,10-15H2/t18-,19+/m0/s1. The molecule has 2 aromatic heterocycles. The molecule has 0 N–H and O–H groups in total. The van der Waals surface area contributed by atoms with E-state index in [1.807, 2.05) is 36.5 Å². The van der Waals surface area contributed by atoms with E-state index in [9.17, 15) is 0 Å². The molecule has 5 heteroatoms. The normalized spacial score (nSPS) is 27.1. The summed E-state index contributed by atoms with van der Waals surface area (Å²) in [6.45, 7) is 4.16. The highest BCUT2D eigenvalue weighted by atomic mass is 16.6. The van der Waals surface area contributed by atoms with Crippen molar-refractivity contribution in [1.29, 1.82) is 0 Å². The summed E-state index contributed by atoms with van der Waals surface area (Å²) in [5, 5.41) is 0. The summed E-state index contributed by atoms with van der Waals surface area (Å²) in [6, 6.07) is 12.0. The number of likely N-dealkylation sites (tertiary alicyclic amines) is 1. The van der Waals surface area contributed by atoms with Crippen molar-refractivity contribution in [2.45, 2.75) is 37.7 Å². The van der Waals surface area contributed by atoms with Crippen molar-refractivity contribution in [2.75, 3.05) is 19.7 Å². The molecule has 0 aromatic carbocycles. The van der Waals surface area contributed by atoms with E-state index < -0.39 is 0 Å². The Labute approximate surface area is 142 Å². The van der Waals surface area contributed by atoms with Crippen molar-refractivity contribution in [3.63, 3.8) is 0 Å². The van der Waals surface area contributed by atoms with Gasteiger partial charge in [0.05, 0.1) is 36.3 Å². The molecule has 2 aliphatic rings. The Hall–Kier alpha value is -1.82. The van der Waals surface area contributed by atoms with E-state index in [0.29, 0.717) is 13.2 Å². The van der Waals surface area contributed by atoms with Crippen molar-refractivity contribution in [3.05, 3.63) is 60.2 Å². The molecule has 0 amide bonds. The van der Waals surface area contributed by atoms with Crippen LogP contribution in [0, 0.1) is 0 Å². The lowest BCUT2D eigenvalue weighted by Crippen LogP contribution is -2.33. The summed E-state index contributed by atoms with van der Waals surface area (Å²) in [5.74, 6) is 0. The molecular formula is C19H23N3O2. The van der Waals surface area contributed by atoms with Gasteiger partial charge in [0.15, 0.2) is 0 Å². The summed E-state index contributed by atoms with van der Waals surface area (Å²) in [4.78, 5) is 11.2. The second-order valence-corrected chi connectivity index (χ2v) is 6.73. The van der Waals surface area contributed by atoms with Crippen molar-refractivity contribution < 1.29 is 9.47 Å². The molecule has 126 valence electrons. The lowest BCUT2D eigenvalue weighted by atomic mass is 9.98. The van der Waals surface area contributed by atoms with Gasteiger partial charge in [0.25, 0.3) is 0 Å². The maximum atomic E-state index is 6.16. The van der Waals surface area contributed by atoms with Crippen LogP contribution in [0.15, 0.2) is 48.8 Å². The average Bonchev–Trinajstić information content (AvgIpc) is 3.21. The molecule has 1 spiro atoms. The molecule has 5 nitrogen and oxygen atoms in total. The summed E-state index contributed by atoms with van der Waals surface area (Å²) in [6.07, 6.45) is 5.87. The fourth-order valence-corrected chi connectivity index (χ4v) is 3.66. The number of nitrogens with zero attached hydrogens (tertiary/aromatic N) is 3. The van der Waals surface area contributed by atoms with Crippen LogP contribution in [0.1, 0.15) is 24.2 Å². The molecule has 0 aliphatic carbocycles. The predicted octanol–water partition coefficient (Wildman–Crippen LogP) is 2.43. The minimum Gasteiger partial charge on any atom is -0.371 e. The lowest BCUT2D eigenvalue weighted by Gasteiger charge is -2.23. The monoisotopic (exact) mass is 325 g/mol. The Bertz CT molecular complexity index is 652. The van der Waals surface area contributed by atoms with Gasteiger partial charge in [0, 0.05) is 38.4 Å². The molecule has 2 fully saturated rings. The molecule has 4 heterocycles. The molecule has 2 saturated heterocycles. The van der Waals surface area contributed by atoms with Crippen molar-refractivity contribution in [3.8, 4) is 0 Å². The molecule has 0 unspecified atom stereocenters. The molecule has 0 radical (unpaired) electrons. The van der Waals surface area contributed by atoms with Crippen LogP contribution in [-0.4, -0.2) is 46.3 Å². The Morgan fingerprint density at radius 2 is 1.92 bits per heavy atom. The van der Waals surface area contributed by atoms with E-state index in [2.05, 4.69) is 20.9 Å². The number of hydrogen-bond acceptors (Lipinski definition) is 5. The molecule has 4 rings (SSSR count). The molecule has 2 aliphatic heterocycles. The molecule has 0 bridgehead atoms. The summed E-state index contributed by atoms with van der Waals surface area (Å²) in [5.41, 5.74) is 2.06. The Morgan fingerprint density at radius 3 is 2.67 bits per heavy atom. The van der Waals surface area contributed by atoms with Gasteiger partial charge in [-0.05, 0) is 30.7 Å². The number of hydrogen-bond donors (Lipinski definition) is 0. The molecular weight excluding hydrogens is 302 g/mol. The first-order chi connectivity index (χ1) is 11.8. The quantitative estimate of drug-likeness (QED) is 0.845. The highest BCUT2D eigenvalue weighted by Crippen LogP contribution is 2.36. The number of ether oxygens (including phenoxy) is 2. The van der Waals surface area contributed by atoms with Crippen LogP contribution >= 0.6 is 0 Å². The topological polar surface area (TPSA) is 47.5 Å². The SMILES string of the molecule is c1ccc(CO[C@@H]2CO[C@]3(CCN(Cc4ccccn4)C3)C2)nc1. The van der Waals surface area contributed by atoms with Gasteiger partial charge >= 0.3 is 0 Å². The van der Waals surface area contributed by atoms with Crippen LogP contribution in [0.3, 0.4) is 0 Å². The zero-order chi connectivity index (χ0) is 16.2. The zero-order valence-corrected chi connectivity index (χ0v) is 13.8. The van der Waals surface area contributed by atoms with Crippen molar-refractivity contribution in [2.24, 2.45) is 0 Å². The Balaban J connectivity index is 1.28. The van der Waals surface area contributed by atoms with Gasteiger partial charge < -0.3 is 9.47 Å². The predicted molar refractivity (Wildman–Crippen MR) is 90.2 cm³/mol. The van der Waals surface area contributed by atoms with Gasteiger partial charge in [-0.25, -0.2) is 0 Å². The number of rotatable bonds is 5. The summed E-state index contributed by atoms with van der Waals surface area (Å²) < 4.78 is 12.2. The van der Waals surface area contributed by atoms with E-state index in [4.69, 9.17) is 9.47 Å². The summed E-state index contributed by atoms with van der Waals surface area (Å²) in [7, 11) is 0. The van der Waals surface area contributed by atoms with Gasteiger partial charge in [-0.15, -0.1) is 0 Å². The Kier molecular flexibility index (Phi) is 4.56. The molecule has 2 aromatic rings. The van der Waals surface area contributed by atoms with Crippen LogP contribution in [0.5, 0.6) is 0 Å². The largest absolute Gasteiger partial charge is 0.371 e. The summed E-state index contributed by atoms with van der Waals surface area (Å²) >= 11 is 0. The van der Waals surface area contributed by atoms with Crippen molar-refractivity contribution >= 4 is 0 Å². The first-order valence-electron chi connectivity index (χ1n) is 8.59. The fourth-order valence-electron chi connectivity index (χ4n) is 3.66. The highest BCUT2D eigenvalue weighted by molar-refractivity contribution is 5.06. The van der Waals surface area contributed by atoms with Gasteiger partial charge in [0.2, 0.25) is 0 Å². The van der Waals surface area contributed by atoms with Crippen LogP contribution in [-0.2, 0) is 22.6 Å². The van der Waals surface area contributed by atoms with Crippen LogP contribution in [0.2, 0.25) is 0 Å². The molecule has 24 heavy (non-hydrogen) atoms. The molecule has 2 atom stereocenters. The van der Waals surface area contributed by atoms with Gasteiger partial charge in [-0.2, -0.15) is 0 Å². The number of pyridine rings is 2. The van der Waals surface area contributed by atoms with E-state index in [-0.39, 0.29) is 11.7 Å². The van der Waals surface area contributed by atoms with Crippen molar-refractivity contribution in [1.82, 2.24) is 14.9 Å². The van der Waals surface area contributed by atoms with Gasteiger partial charge in [0.1, 0.15) is 0 Å². The average molecular weight is 325 g/mol. The van der Waals surface area contributed by atoms with E-state index >= 15 is 0 Å².